The van der Waals surface area contributed by atoms with Crippen molar-refractivity contribution in [3.8, 4) is 5.75 Å². The van der Waals surface area contributed by atoms with Gasteiger partial charge in [-0.2, -0.15) is 0 Å². The van der Waals surface area contributed by atoms with E-state index in [1.165, 1.54) is 0 Å². The van der Waals surface area contributed by atoms with E-state index in [1.807, 2.05) is 49.4 Å². The SMILES string of the molecule is C[C@@H](Oc1cccc(Br)c1)C(=O)NNC(=O)C[C@H](C)c1ccccc1. The van der Waals surface area contributed by atoms with Crippen LogP contribution in [0.25, 0.3) is 0 Å². The van der Waals surface area contributed by atoms with Crippen molar-refractivity contribution in [2.45, 2.75) is 32.3 Å². The smallest absolute Gasteiger partial charge is 0.279 e. The second-order valence-electron chi connectivity index (χ2n) is 5.77. The fourth-order valence-corrected chi connectivity index (χ4v) is 2.64. The average Bonchev–Trinajstić information content (AvgIpc) is 2.60. The number of rotatable bonds is 6. The van der Waals surface area contributed by atoms with E-state index in [9.17, 15) is 9.59 Å². The highest BCUT2D eigenvalue weighted by molar-refractivity contribution is 9.10. The number of hydrogen-bond acceptors (Lipinski definition) is 3. The Morgan fingerprint density at radius 1 is 1.04 bits per heavy atom. The fourth-order valence-electron chi connectivity index (χ4n) is 2.26. The van der Waals surface area contributed by atoms with Crippen LogP contribution in [-0.4, -0.2) is 17.9 Å². The molecule has 0 bridgehead atoms. The van der Waals surface area contributed by atoms with Crippen molar-refractivity contribution in [1.82, 2.24) is 10.9 Å². The molecule has 0 radical (unpaired) electrons. The first-order valence-electron chi connectivity index (χ1n) is 8.01. The van der Waals surface area contributed by atoms with Crippen molar-refractivity contribution in [3.05, 3.63) is 64.6 Å². The van der Waals surface area contributed by atoms with Gasteiger partial charge in [-0.25, -0.2) is 0 Å². The Morgan fingerprint density at radius 2 is 1.76 bits per heavy atom. The van der Waals surface area contributed by atoms with Gasteiger partial charge in [-0.1, -0.05) is 59.3 Å². The van der Waals surface area contributed by atoms with E-state index in [-0.39, 0.29) is 18.2 Å². The summed E-state index contributed by atoms with van der Waals surface area (Å²) in [7, 11) is 0. The second kappa shape index (κ2) is 9.22. The first-order valence-corrected chi connectivity index (χ1v) is 8.81. The van der Waals surface area contributed by atoms with Gasteiger partial charge in [0.05, 0.1) is 0 Å². The zero-order valence-electron chi connectivity index (χ0n) is 14.2. The number of ether oxygens (including phenoxy) is 1. The van der Waals surface area contributed by atoms with Crippen LogP contribution in [0.3, 0.4) is 0 Å². The molecule has 0 saturated carbocycles. The molecule has 2 aromatic rings. The minimum absolute atomic E-state index is 0.0634. The molecule has 0 aliphatic rings. The maximum absolute atomic E-state index is 12.0. The topological polar surface area (TPSA) is 67.4 Å². The number of carbonyl (C=O) groups excluding carboxylic acids is 2. The molecule has 0 aromatic heterocycles. The largest absolute Gasteiger partial charge is 0.481 e. The lowest BCUT2D eigenvalue weighted by atomic mass is 9.98. The molecule has 2 aromatic carbocycles. The van der Waals surface area contributed by atoms with Crippen LogP contribution in [0.5, 0.6) is 5.75 Å². The molecular weight excluding hydrogens is 384 g/mol. The maximum Gasteiger partial charge on any atom is 0.279 e. The summed E-state index contributed by atoms with van der Waals surface area (Å²) in [5.74, 6) is -0.0328. The molecule has 0 heterocycles. The summed E-state index contributed by atoms with van der Waals surface area (Å²) in [6.07, 6.45) is -0.452. The number of halogens is 1. The Balaban J connectivity index is 1.77. The number of nitrogens with one attached hydrogen (secondary N) is 2. The van der Waals surface area contributed by atoms with Gasteiger partial charge in [0.1, 0.15) is 5.75 Å². The highest BCUT2D eigenvalue weighted by Gasteiger charge is 2.16. The fraction of sp³-hybridized carbons (Fsp3) is 0.263. The van der Waals surface area contributed by atoms with Gasteiger partial charge in [-0.15, -0.1) is 0 Å². The zero-order valence-corrected chi connectivity index (χ0v) is 15.7. The van der Waals surface area contributed by atoms with Crippen molar-refractivity contribution in [2.24, 2.45) is 0 Å². The quantitative estimate of drug-likeness (QED) is 0.723. The predicted octanol–water partition coefficient (Wildman–Crippen LogP) is 3.56. The molecule has 0 spiro atoms. The van der Waals surface area contributed by atoms with Gasteiger partial charge in [0, 0.05) is 10.9 Å². The van der Waals surface area contributed by atoms with Crippen LogP contribution >= 0.6 is 15.9 Å². The average molecular weight is 405 g/mol. The summed E-state index contributed by atoms with van der Waals surface area (Å²) in [6.45, 7) is 3.59. The Labute approximate surface area is 155 Å². The number of benzene rings is 2. The standard InChI is InChI=1S/C19H21BrN2O3/c1-13(15-7-4-3-5-8-15)11-18(23)21-22-19(24)14(2)25-17-10-6-9-16(20)12-17/h3-10,12-14H,11H2,1-2H3,(H,21,23)(H,22,24)/t13-,14+/m0/s1. The Bertz CT molecular complexity index is 722. The lowest BCUT2D eigenvalue weighted by Gasteiger charge is -2.16. The molecule has 2 N–H and O–H groups in total. The van der Waals surface area contributed by atoms with Crippen LogP contribution in [-0.2, 0) is 9.59 Å². The van der Waals surface area contributed by atoms with Crippen LogP contribution in [0, 0.1) is 0 Å². The van der Waals surface area contributed by atoms with Gasteiger partial charge in [0.2, 0.25) is 5.91 Å². The minimum Gasteiger partial charge on any atom is -0.481 e. The third-order valence-electron chi connectivity index (χ3n) is 3.66. The molecule has 2 atom stereocenters. The number of hydrazine groups is 1. The highest BCUT2D eigenvalue weighted by atomic mass is 79.9. The molecule has 0 saturated heterocycles. The van der Waals surface area contributed by atoms with Crippen LogP contribution in [0.1, 0.15) is 31.7 Å². The number of amides is 2. The van der Waals surface area contributed by atoms with Gasteiger partial charge < -0.3 is 4.74 Å². The van der Waals surface area contributed by atoms with Gasteiger partial charge in [-0.05, 0) is 36.6 Å². The van der Waals surface area contributed by atoms with Crippen LogP contribution < -0.4 is 15.6 Å². The number of hydrogen-bond donors (Lipinski definition) is 2. The van der Waals surface area contributed by atoms with E-state index in [2.05, 4.69) is 26.8 Å². The van der Waals surface area contributed by atoms with E-state index < -0.39 is 12.0 Å². The highest BCUT2D eigenvalue weighted by Crippen LogP contribution is 2.19. The van der Waals surface area contributed by atoms with Crippen LogP contribution in [0.4, 0.5) is 0 Å². The van der Waals surface area contributed by atoms with Gasteiger partial charge >= 0.3 is 0 Å². The molecule has 2 rings (SSSR count). The summed E-state index contributed by atoms with van der Waals surface area (Å²) < 4.78 is 6.41. The molecule has 2 amide bonds. The molecule has 0 unspecified atom stereocenters. The van der Waals surface area contributed by atoms with Crippen molar-refractivity contribution in [2.75, 3.05) is 0 Å². The predicted molar refractivity (Wildman–Crippen MR) is 100.0 cm³/mol. The van der Waals surface area contributed by atoms with E-state index in [1.54, 1.807) is 19.1 Å². The zero-order chi connectivity index (χ0) is 18.2. The molecule has 0 aliphatic carbocycles. The van der Waals surface area contributed by atoms with E-state index in [0.717, 1.165) is 10.0 Å². The molecule has 6 heteroatoms. The van der Waals surface area contributed by atoms with E-state index >= 15 is 0 Å². The molecule has 132 valence electrons. The Kier molecular flexibility index (Phi) is 7.01. The van der Waals surface area contributed by atoms with Crippen molar-refractivity contribution in [1.29, 1.82) is 0 Å². The van der Waals surface area contributed by atoms with Gasteiger partial charge in [-0.3, -0.25) is 20.4 Å². The van der Waals surface area contributed by atoms with E-state index in [4.69, 9.17) is 4.74 Å². The van der Waals surface area contributed by atoms with E-state index in [0.29, 0.717) is 5.75 Å². The third-order valence-corrected chi connectivity index (χ3v) is 4.16. The number of carbonyl (C=O) groups is 2. The second-order valence-corrected chi connectivity index (χ2v) is 6.69. The normalized spacial score (nSPS) is 12.8. The van der Waals surface area contributed by atoms with Gasteiger partial charge in [0.25, 0.3) is 5.91 Å². The molecule has 0 aliphatic heterocycles. The minimum atomic E-state index is -0.735. The first-order chi connectivity index (χ1) is 12.0. The lowest BCUT2D eigenvalue weighted by molar-refractivity contribution is -0.132. The Hall–Kier alpha value is -2.34. The maximum atomic E-state index is 12.0. The van der Waals surface area contributed by atoms with Crippen molar-refractivity contribution < 1.29 is 14.3 Å². The molecule has 25 heavy (non-hydrogen) atoms. The Morgan fingerprint density at radius 3 is 2.44 bits per heavy atom. The molecular formula is C19H21BrN2O3. The van der Waals surface area contributed by atoms with Crippen LogP contribution in [0.15, 0.2) is 59.1 Å². The van der Waals surface area contributed by atoms with Crippen molar-refractivity contribution in [3.63, 3.8) is 0 Å². The molecule has 0 fully saturated rings. The van der Waals surface area contributed by atoms with Crippen molar-refractivity contribution >= 4 is 27.7 Å². The summed E-state index contributed by atoms with van der Waals surface area (Å²) in [5.41, 5.74) is 5.91. The van der Waals surface area contributed by atoms with Gasteiger partial charge in [0.15, 0.2) is 6.10 Å². The lowest BCUT2D eigenvalue weighted by Crippen LogP contribution is -2.47. The summed E-state index contributed by atoms with van der Waals surface area (Å²) in [4.78, 5) is 24.0. The molecule has 5 nitrogen and oxygen atoms in total. The summed E-state index contributed by atoms with van der Waals surface area (Å²) >= 11 is 3.34. The third kappa shape index (κ3) is 6.23. The van der Waals surface area contributed by atoms with Crippen LogP contribution in [0.2, 0.25) is 0 Å². The summed E-state index contributed by atoms with van der Waals surface area (Å²) in [5, 5.41) is 0. The first kappa shape index (κ1) is 19.0. The monoisotopic (exact) mass is 404 g/mol. The summed E-state index contributed by atoms with van der Waals surface area (Å²) in [6, 6.07) is 17.0.